The molecular formula is C29H29N5O3S2. The van der Waals surface area contributed by atoms with Gasteiger partial charge in [0.1, 0.15) is 21.7 Å². The first-order valence-corrected chi connectivity index (χ1v) is 14.5. The Hall–Kier alpha value is -3.73. The van der Waals surface area contributed by atoms with Crippen molar-refractivity contribution >= 4 is 54.8 Å². The van der Waals surface area contributed by atoms with Crippen LogP contribution in [-0.4, -0.2) is 74.3 Å². The highest BCUT2D eigenvalue weighted by Crippen LogP contribution is 2.40. The van der Waals surface area contributed by atoms with E-state index >= 15 is 0 Å². The van der Waals surface area contributed by atoms with Gasteiger partial charge in [0.15, 0.2) is 5.13 Å². The molecule has 1 saturated heterocycles. The molecule has 8 nitrogen and oxygen atoms in total. The van der Waals surface area contributed by atoms with Gasteiger partial charge in [-0.25, -0.2) is 9.97 Å². The Bertz CT molecular complexity index is 1570. The SMILES string of the molecule is COc1ccc(OC)c2sc(N3CCN(CCNC(=O)c4cc(-c5cccs5)nc5ccccc45)CC3)nc12. The van der Waals surface area contributed by atoms with Gasteiger partial charge in [-0.15, -0.1) is 11.3 Å². The van der Waals surface area contributed by atoms with Gasteiger partial charge in [0.05, 0.1) is 35.9 Å². The molecule has 2 aromatic carbocycles. The zero-order valence-electron chi connectivity index (χ0n) is 21.8. The lowest BCUT2D eigenvalue weighted by molar-refractivity contribution is 0.0949. The number of anilines is 1. The average molecular weight is 560 g/mol. The van der Waals surface area contributed by atoms with Gasteiger partial charge in [0, 0.05) is 44.7 Å². The van der Waals surface area contributed by atoms with Gasteiger partial charge in [0.2, 0.25) is 0 Å². The molecule has 4 heterocycles. The van der Waals surface area contributed by atoms with Crippen molar-refractivity contribution in [2.45, 2.75) is 0 Å². The van der Waals surface area contributed by atoms with Crippen LogP contribution >= 0.6 is 22.7 Å². The molecule has 0 atom stereocenters. The molecule has 39 heavy (non-hydrogen) atoms. The number of hydrogen-bond donors (Lipinski definition) is 1. The molecular weight excluding hydrogens is 530 g/mol. The Kier molecular flexibility index (Phi) is 7.32. The Balaban J connectivity index is 1.08. The molecule has 3 aromatic heterocycles. The highest BCUT2D eigenvalue weighted by molar-refractivity contribution is 7.22. The molecule has 10 heteroatoms. The number of rotatable bonds is 8. The van der Waals surface area contributed by atoms with Gasteiger partial charge in [-0.3, -0.25) is 9.69 Å². The number of nitrogens with one attached hydrogen (secondary N) is 1. The number of nitrogens with zero attached hydrogens (tertiary/aromatic N) is 4. The number of carbonyl (C=O) groups is 1. The molecule has 200 valence electrons. The molecule has 1 amide bonds. The standard InChI is InChI=1S/C29H29N5O3S2/c1-36-23-9-10-24(37-2)27-26(23)32-29(39-27)34-15-13-33(14-16-34)12-11-30-28(35)20-18-22(25-8-5-17-38-25)31-21-7-4-3-6-19(20)21/h3-10,17-18H,11-16H2,1-2H3,(H,30,35). The summed E-state index contributed by atoms with van der Waals surface area (Å²) in [6.45, 7) is 4.93. The van der Waals surface area contributed by atoms with Crippen molar-refractivity contribution in [3.63, 3.8) is 0 Å². The summed E-state index contributed by atoms with van der Waals surface area (Å²) in [6, 6.07) is 17.6. The fraction of sp³-hybridized carbons (Fsp3) is 0.276. The number of benzene rings is 2. The van der Waals surface area contributed by atoms with E-state index in [-0.39, 0.29) is 5.91 Å². The smallest absolute Gasteiger partial charge is 0.252 e. The van der Waals surface area contributed by atoms with Crippen molar-refractivity contribution in [2.24, 2.45) is 0 Å². The number of methoxy groups -OCH3 is 2. The van der Waals surface area contributed by atoms with Crippen molar-refractivity contribution in [2.75, 3.05) is 58.4 Å². The number of thiazole rings is 1. The minimum atomic E-state index is -0.0672. The summed E-state index contributed by atoms with van der Waals surface area (Å²) in [6.07, 6.45) is 0. The highest BCUT2D eigenvalue weighted by atomic mass is 32.1. The second-order valence-corrected chi connectivity index (χ2v) is 11.2. The average Bonchev–Trinajstić information content (AvgIpc) is 3.68. The molecule has 0 spiro atoms. The largest absolute Gasteiger partial charge is 0.495 e. The van der Waals surface area contributed by atoms with Crippen molar-refractivity contribution in [3.8, 4) is 22.1 Å². The van der Waals surface area contributed by atoms with Crippen molar-refractivity contribution in [1.82, 2.24) is 20.2 Å². The third-order valence-corrected chi connectivity index (χ3v) is 9.01. The van der Waals surface area contributed by atoms with Gasteiger partial charge in [-0.1, -0.05) is 35.6 Å². The van der Waals surface area contributed by atoms with E-state index in [0.717, 1.165) is 81.0 Å². The number of para-hydroxylation sites is 1. The first-order valence-electron chi connectivity index (χ1n) is 12.9. The molecule has 5 aromatic rings. The molecule has 1 aliphatic heterocycles. The number of ether oxygens (including phenoxy) is 2. The predicted octanol–water partition coefficient (Wildman–Crippen LogP) is 5.14. The van der Waals surface area contributed by atoms with E-state index in [1.54, 1.807) is 36.9 Å². The summed E-state index contributed by atoms with van der Waals surface area (Å²) in [5.74, 6) is 1.50. The quantitative estimate of drug-likeness (QED) is 0.282. The summed E-state index contributed by atoms with van der Waals surface area (Å²) in [4.78, 5) is 28.7. The normalized spacial score (nSPS) is 14.2. The van der Waals surface area contributed by atoms with E-state index in [1.807, 2.05) is 60.0 Å². The van der Waals surface area contributed by atoms with Crippen molar-refractivity contribution in [3.05, 3.63) is 65.5 Å². The lowest BCUT2D eigenvalue weighted by Crippen LogP contribution is -2.48. The summed E-state index contributed by atoms with van der Waals surface area (Å²) < 4.78 is 12.1. The lowest BCUT2D eigenvalue weighted by Gasteiger charge is -2.34. The summed E-state index contributed by atoms with van der Waals surface area (Å²) >= 11 is 3.26. The summed E-state index contributed by atoms with van der Waals surface area (Å²) in [5.41, 5.74) is 3.16. The summed E-state index contributed by atoms with van der Waals surface area (Å²) in [5, 5.41) is 7.01. The number of pyridine rings is 1. The van der Waals surface area contributed by atoms with Crippen LogP contribution in [0, 0.1) is 0 Å². The van der Waals surface area contributed by atoms with Gasteiger partial charge < -0.3 is 19.7 Å². The van der Waals surface area contributed by atoms with Crippen molar-refractivity contribution < 1.29 is 14.3 Å². The van der Waals surface area contributed by atoms with E-state index < -0.39 is 0 Å². The van der Waals surface area contributed by atoms with Gasteiger partial charge in [-0.2, -0.15) is 0 Å². The number of fused-ring (bicyclic) bond motifs is 2. The maximum atomic E-state index is 13.3. The molecule has 1 aliphatic rings. The van der Waals surface area contributed by atoms with Crippen LogP contribution in [0.2, 0.25) is 0 Å². The topological polar surface area (TPSA) is 79.8 Å². The Morgan fingerprint density at radius 2 is 1.77 bits per heavy atom. The monoisotopic (exact) mass is 559 g/mol. The number of hydrogen-bond acceptors (Lipinski definition) is 9. The maximum absolute atomic E-state index is 13.3. The summed E-state index contributed by atoms with van der Waals surface area (Å²) in [7, 11) is 3.34. The molecule has 0 unspecified atom stereocenters. The predicted molar refractivity (Wildman–Crippen MR) is 159 cm³/mol. The number of aromatic nitrogens is 2. The van der Waals surface area contributed by atoms with E-state index in [2.05, 4.69) is 15.1 Å². The third-order valence-electron chi connectivity index (χ3n) is 6.99. The Labute approximate surface area is 234 Å². The van der Waals surface area contributed by atoms with Crippen LogP contribution in [-0.2, 0) is 0 Å². The Morgan fingerprint density at radius 3 is 2.54 bits per heavy atom. The maximum Gasteiger partial charge on any atom is 0.252 e. The van der Waals surface area contributed by atoms with E-state index in [4.69, 9.17) is 19.4 Å². The van der Waals surface area contributed by atoms with Crippen LogP contribution in [0.5, 0.6) is 11.5 Å². The second kappa shape index (κ2) is 11.2. The van der Waals surface area contributed by atoms with E-state index in [9.17, 15) is 4.79 Å². The fourth-order valence-electron chi connectivity index (χ4n) is 4.91. The van der Waals surface area contributed by atoms with Crippen LogP contribution in [0.15, 0.2) is 60.0 Å². The molecule has 0 saturated carbocycles. The van der Waals surface area contributed by atoms with Crippen LogP contribution in [0.3, 0.4) is 0 Å². The van der Waals surface area contributed by atoms with Crippen LogP contribution in [0.25, 0.3) is 31.7 Å². The Morgan fingerprint density at radius 1 is 0.974 bits per heavy atom. The van der Waals surface area contributed by atoms with Gasteiger partial charge in [-0.05, 0) is 35.7 Å². The van der Waals surface area contributed by atoms with E-state index in [1.165, 1.54) is 0 Å². The zero-order valence-corrected chi connectivity index (χ0v) is 23.5. The lowest BCUT2D eigenvalue weighted by atomic mass is 10.1. The molecule has 0 bridgehead atoms. The van der Waals surface area contributed by atoms with Crippen LogP contribution in [0.1, 0.15) is 10.4 Å². The molecule has 0 radical (unpaired) electrons. The highest BCUT2D eigenvalue weighted by Gasteiger charge is 2.22. The number of amides is 1. The van der Waals surface area contributed by atoms with Crippen LogP contribution < -0.4 is 19.7 Å². The second-order valence-electron chi connectivity index (χ2n) is 9.28. The number of carbonyl (C=O) groups excluding carboxylic acids is 1. The van der Waals surface area contributed by atoms with Crippen LogP contribution in [0.4, 0.5) is 5.13 Å². The number of thiophene rings is 1. The zero-order chi connectivity index (χ0) is 26.8. The molecule has 0 aliphatic carbocycles. The third kappa shape index (κ3) is 5.15. The van der Waals surface area contributed by atoms with Crippen molar-refractivity contribution in [1.29, 1.82) is 0 Å². The minimum absolute atomic E-state index is 0.0672. The first kappa shape index (κ1) is 25.5. The van der Waals surface area contributed by atoms with Gasteiger partial charge >= 0.3 is 0 Å². The molecule has 1 N–H and O–H groups in total. The number of piperazine rings is 1. The minimum Gasteiger partial charge on any atom is -0.495 e. The molecule has 6 rings (SSSR count). The fourth-order valence-corrected chi connectivity index (χ4v) is 6.72. The van der Waals surface area contributed by atoms with Gasteiger partial charge in [0.25, 0.3) is 5.91 Å². The molecule has 1 fully saturated rings. The first-order chi connectivity index (χ1) is 19.1. The van der Waals surface area contributed by atoms with E-state index in [0.29, 0.717) is 12.1 Å².